The van der Waals surface area contributed by atoms with E-state index >= 15 is 0 Å². The third kappa shape index (κ3) is 5.77. The van der Waals surface area contributed by atoms with Crippen LogP contribution in [-0.4, -0.2) is 61.4 Å². The molecule has 0 aliphatic carbocycles. The Kier molecular flexibility index (Phi) is 7.62. The van der Waals surface area contributed by atoms with Crippen molar-refractivity contribution < 1.29 is 17.9 Å². The lowest BCUT2D eigenvalue weighted by molar-refractivity contribution is -0.115. The Bertz CT molecular complexity index is 1260. The highest BCUT2D eigenvalue weighted by Crippen LogP contribution is 2.25. The van der Waals surface area contributed by atoms with Crippen LogP contribution < -0.4 is 15.0 Å². The summed E-state index contributed by atoms with van der Waals surface area (Å²) in [5.74, 6) is 1.45. The minimum atomic E-state index is -3.63. The molecule has 1 N–H and O–H groups in total. The summed E-state index contributed by atoms with van der Waals surface area (Å²) in [6, 6.07) is 15.9. The van der Waals surface area contributed by atoms with Gasteiger partial charge in [0, 0.05) is 49.9 Å². The SMILES string of the molecule is CCOc1ccc(-c2cc(N3CCN(S(=O)(=O)c4ccc(NC(=O)CC)cc4)CC3)ncn2)cc1. The van der Waals surface area contributed by atoms with Gasteiger partial charge in [-0.2, -0.15) is 4.31 Å². The molecule has 0 unspecified atom stereocenters. The monoisotopic (exact) mass is 495 g/mol. The molecule has 0 radical (unpaired) electrons. The van der Waals surface area contributed by atoms with Crippen LogP contribution in [0.5, 0.6) is 5.75 Å². The van der Waals surface area contributed by atoms with E-state index in [1.807, 2.05) is 37.3 Å². The predicted octanol–water partition coefficient (Wildman–Crippen LogP) is 3.40. The molecule has 1 amide bonds. The van der Waals surface area contributed by atoms with Crippen LogP contribution in [0, 0.1) is 0 Å². The van der Waals surface area contributed by atoms with E-state index in [4.69, 9.17) is 4.74 Å². The third-order valence-electron chi connectivity index (χ3n) is 5.77. The quantitative estimate of drug-likeness (QED) is 0.511. The number of hydrogen-bond donors (Lipinski definition) is 1. The third-order valence-corrected chi connectivity index (χ3v) is 7.69. The molecule has 9 nitrogen and oxygen atoms in total. The first-order chi connectivity index (χ1) is 16.9. The molecule has 1 aromatic heterocycles. The van der Waals surface area contributed by atoms with Crippen molar-refractivity contribution in [3.63, 3.8) is 0 Å². The summed E-state index contributed by atoms with van der Waals surface area (Å²) >= 11 is 0. The maximum atomic E-state index is 13.1. The van der Waals surface area contributed by atoms with Gasteiger partial charge in [0.05, 0.1) is 17.2 Å². The summed E-state index contributed by atoms with van der Waals surface area (Å²) < 4.78 is 33.2. The number of piperazine rings is 1. The van der Waals surface area contributed by atoms with Crippen LogP contribution in [0.4, 0.5) is 11.5 Å². The van der Waals surface area contributed by atoms with Crippen LogP contribution in [0.15, 0.2) is 65.8 Å². The van der Waals surface area contributed by atoms with Crippen molar-refractivity contribution in [3.8, 4) is 17.0 Å². The molecule has 4 rings (SSSR count). The van der Waals surface area contributed by atoms with Crippen molar-refractivity contribution in [2.24, 2.45) is 0 Å². The molecule has 184 valence electrons. The zero-order chi connectivity index (χ0) is 24.8. The van der Waals surface area contributed by atoms with Crippen molar-refractivity contribution in [1.29, 1.82) is 0 Å². The van der Waals surface area contributed by atoms with Gasteiger partial charge in [0.15, 0.2) is 0 Å². The molecule has 0 bridgehead atoms. The van der Waals surface area contributed by atoms with E-state index in [0.29, 0.717) is 44.9 Å². The lowest BCUT2D eigenvalue weighted by Crippen LogP contribution is -2.48. The summed E-state index contributed by atoms with van der Waals surface area (Å²) in [5.41, 5.74) is 2.33. The van der Waals surface area contributed by atoms with Crippen LogP contribution >= 0.6 is 0 Å². The highest BCUT2D eigenvalue weighted by atomic mass is 32.2. The summed E-state index contributed by atoms with van der Waals surface area (Å²) in [6.07, 6.45) is 1.89. The van der Waals surface area contributed by atoms with Crippen LogP contribution in [0.2, 0.25) is 0 Å². The highest BCUT2D eigenvalue weighted by Gasteiger charge is 2.29. The maximum absolute atomic E-state index is 13.1. The summed E-state index contributed by atoms with van der Waals surface area (Å²) in [4.78, 5) is 22.6. The molecular formula is C25H29N5O4S. The van der Waals surface area contributed by atoms with Crippen molar-refractivity contribution in [2.45, 2.75) is 25.2 Å². The summed E-state index contributed by atoms with van der Waals surface area (Å²) in [5, 5.41) is 2.73. The first kappa shape index (κ1) is 24.6. The molecule has 1 aliphatic rings. The largest absolute Gasteiger partial charge is 0.494 e. The molecule has 0 atom stereocenters. The fourth-order valence-corrected chi connectivity index (χ4v) is 5.25. The maximum Gasteiger partial charge on any atom is 0.243 e. The van der Waals surface area contributed by atoms with Crippen molar-refractivity contribution in [1.82, 2.24) is 14.3 Å². The van der Waals surface area contributed by atoms with E-state index in [0.717, 1.165) is 22.8 Å². The Balaban J connectivity index is 1.41. The number of hydrogen-bond acceptors (Lipinski definition) is 7. The van der Waals surface area contributed by atoms with Crippen molar-refractivity contribution in [3.05, 3.63) is 60.9 Å². The Morgan fingerprint density at radius 3 is 2.29 bits per heavy atom. The number of rotatable bonds is 8. The topological polar surface area (TPSA) is 105 Å². The average molecular weight is 496 g/mol. The molecular weight excluding hydrogens is 466 g/mol. The number of anilines is 2. The Labute approximate surface area is 205 Å². The van der Waals surface area contributed by atoms with Gasteiger partial charge in [0.25, 0.3) is 0 Å². The molecule has 1 fully saturated rings. The standard InChI is InChI=1S/C25H29N5O4S/c1-3-25(31)28-20-7-11-22(12-8-20)35(32,33)30-15-13-29(14-16-30)24-17-23(26-18-27-24)19-5-9-21(10-6-19)34-4-2/h5-12,17-18H,3-4,13-16H2,1-2H3,(H,28,31). The number of carbonyl (C=O) groups excluding carboxylic acids is 1. The van der Waals surface area contributed by atoms with Crippen molar-refractivity contribution >= 4 is 27.4 Å². The molecule has 10 heteroatoms. The number of nitrogens with zero attached hydrogens (tertiary/aromatic N) is 4. The predicted molar refractivity (Wildman–Crippen MR) is 135 cm³/mol. The molecule has 0 saturated carbocycles. The van der Waals surface area contributed by atoms with E-state index in [-0.39, 0.29) is 10.8 Å². The minimum absolute atomic E-state index is 0.118. The molecule has 35 heavy (non-hydrogen) atoms. The van der Waals surface area contributed by atoms with Gasteiger partial charge in [0.2, 0.25) is 15.9 Å². The lowest BCUT2D eigenvalue weighted by Gasteiger charge is -2.34. The second-order valence-electron chi connectivity index (χ2n) is 8.04. The highest BCUT2D eigenvalue weighted by molar-refractivity contribution is 7.89. The van der Waals surface area contributed by atoms with Gasteiger partial charge in [-0.3, -0.25) is 4.79 Å². The fourth-order valence-electron chi connectivity index (χ4n) is 3.83. The van der Waals surface area contributed by atoms with Crippen LogP contribution in [0.25, 0.3) is 11.3 Å². The second kappa shape index (κ2) is 10.8. The van der Waals surface area contributed by atoms with Gasteiger partial charge in [-0.1, -0.05) is 6.92 Å². The number of carbonyl (C=O) groups is 1. The lowest BCUT2D eigenvalue weighted by atomic mass is 10.1. The van der Waals surface area contributed by atoms with E-state index < -0.39 is 10.0 Å². The molecule has 2 heterocycles. The minimum Gasteiger partial charge on any atom is -0.494 e. The van der Waals surface area contributed by atoms with Gasteiger partial charge in [0.1, 0.15) is 17.9 Å². The Morgan fingerprint density at radius 1 is 0.971 bits per heavy atom. The van der Waals surface area contributed by atoms with Gasteiger partial charge >= 0.3 is 0 Å². The van der Waals surface area contributed by atoms with Crippen LogP contribution in [-0.2, 0) is 14.8 Å². The smallest absolute Gasteiger partial charge is 0.243 e. The fraction of sp³-hybridized carbons (Fsp3) is 0.320. The van der Waals surface area contributed by atoms with Gasteiger partial charge < -0.3 is 15.0 Å². The average Bonchev–Trinajstić information content (AvgIpc) is 2.90. The number of benzene rings is 2. The molecule has 1 aliphatic heterocycles. The van der Waals surface area contributed by atoms with Gasteiger partial charge in [-0.15, -0.1) is 0 Å². The Morgan fingerprint density at radius 2 is 1.66 bits per heavy atom. The second-order valence-corrected chi connectivity index (χ2v) is 9.97. The number of aromatic nitrogens is 2. The first-order valence-electron chi connectivity index (χ1n) is 11.6. The molecule has 1 saturated heterocycles. The first-order valence-corrected chi connectivity index (χ1v) is 13.0. The zero-order valence-electron chi connectivity index (χ0n) is 19.8. The van der Waals surface area contributed by atoms with E-state index in [1.165, 1.54) is 22.8 Å². The molecule has 2 aromatic carbocycles. The summed E-state index contributed by atoms with van der Waals surface area (Å²) in [7, 11) is -3.63. The molecule has 0 spiro atoms. The number of nitrogens with one attached hydrogen (secondary N) is 1. The zero-order valence-corrected chi connectivity index (χ0v) is 20.7. The number of amides is 1. The van der Waals surface area contributed by atoms with E-state index in [9.17, 15) is 13.2 Å². The van der Waals surface area contributed by atoms with E-state index in [1.54, 1.807) is 19.1 Å². The number of sulfonamides is 1. The van der Waals surface area contributed by atoms with Crippen LogP contribution in [0.1, 0.15) is 20.3 Å². The van der Waals surface area contributed by atoms with E-state index in [2.05, 4.69) is 20.2 Å². The Hall–Kier alpha value is -3.50. The normalized spacial score (nSPS) is 14.5. The number of ether oxygens (including phenoxy) is 1. The van der Waals surface area contributed by atoms with Gasteiger partial charge in [-0.05, 0) is 55.5 Å². The molecule has 3 aromatic rings. The van der Waals surface area contributed by atoms with Crippen molar-refractivity contribution in [2.75, 3.05) is 43.0 Å². The van der Waals surface area contributed by atoms with Gasteiger partial charge in [-0.25, -0.2) is 18.4 Å². The van der Waals surface area contributed by atoms with Crippen LogP contribution in [0.3, 0.4) is 0 Å². The summed E-state index contributed by atoms with van der Waals surface area (Å²) in [6.45, 7) is 6.04.